The predicted octanol–water partition coefficient (Wildman–Crippen LogP) is 3.91. The third-order valence-corrected chi connectivity index (χ3v) is 3.01. The molecule has 82 valence electrons. The van der Waals surface area contributed by atoms with E-state index in [1.165, 1.54) is 11.3 Å². The van der Waals surface area contributed by atoms with Gasteiger partial charge in [0.15, 0.2) is 5.78 Å². The molecule has 1 heterocycles. The number of carbonyl (C=O) groups is 1. The summed E-state index contributed by atoms with van der Waals surface area (Å²) < 4.78 is 26.5. The van der Waals surface area contributed by atoms with E-state index in [1.807, 2.05) is 0 Å². The summed E-state index contributed by atoms with van der Waals surface area (Å²) in [7, 11) is 0. The molecule has 2 rings (SSSR count). The van der Waals surface area contributed by atoms with Crippen molar-refractivity contribution in [1.29, 1.82) is 0 Å². The van der Waals surface area contributed by atoms with E-state index in [0.717, 1.165) is 12.1 Å². The van der Waals surface area contributed by atoms with Gasteiger partial charge in [-0.1, -0.05) is 11.6 Å². The standard InChI is InChI=1S/C11H5ClF2OS/c12-8-4-9(13)7(3-10(8)14)11(15)6-1-2-16-5-6/h1-5H. The van der Waals surface area contributed by atoms with Crippen molar-refractivity contribution in [3.8, 4) is 0 Å². The highest BCUT2D eigenvalue weighted by Crippen LogP contribution is 2.22. The second-order valence-corrected chi connectivity index (χ2v) is 4.27. The van der Waals surface area contributed by atoms with Crippen molar-refractivity contribution in [1.82, 2.24) is 0 Å². The van der Waals surface area contributed by atoms with E-state index >= 15 is 0 Å². The molecule has 0 atom stereocenters. The maximum absolute atomic E-state index is 13.4. The van der Waals surface area contributed by atoms with Gasteiger partial charge in [0, 0.05) is 10.9 Å². The molecule has 0 unspecified atom stereocenters. The van der Waals surface area contributed by atoms with Gasteiger partial charge in [-0.2, -0.15) is 11.3 Å². The minimum absolute atomic E-state index is 0.305. The molecule has 0 spiro atoms. The maximum atomic E-state index is 13.4. The van der Waals surface area contributed by atoms with E-state index in [0.29, 0.717) is 5.56 Å². The van der Waals surface area contributed by atoms with Crippen molar-refractivity contribution in [3.63, 3.8) is 0 Å². The molecule has 1 aromatic heterocycles. The summed E-state index contributed by atoms with van der Waals surface area (Å²) in [4.78, 5) is 11.7. The topological polar surface area (TPSA) is 17.1 Å². The zero-order chi connectivity index (χ0) is 11.7. The van der Waals surface area contributed by atoms with Crippen LogP contribution in [-0.2, 0) is 0 Å². The fraction of sp³-hybridized carbons (Fsp3) is 0. The van der Waals surface area contributed by atoms with Gasteiger partial charge in [0.1, 0.15) is 11.6 Å². The van der Waals surface area contributed by atoms with E-state index in [-0.39, 0.29) is 10.6 Å². The number of hydrogen-bond acceptors (Lipinski definition) is 2. The van der Waals surface area contributed by atoms with Crippen molar-refractivity contribution >= 4 is 28.7 Å². The predicted molar refractivity (Wildman–Crippen MR) is 59.1 cm³/mol. The fourth-order valence-electron chi connectivity index (χ4n) is 1.25. The Morgan fingerprint density at radius 2 is 2.00 bits per heavy atom. The molecule has 1 nitrogen and oxygen atoms in total. The molecule has 0 saturated heterocycles. The molecule has 0 saturated carbocycles. The number of thiophene rings is 1. The minimum Gasteiger partial charge on any atom is -0.288 e. The SMILES string of the molecule is O=C(c1ccsc1)c1cc(F)c(Cl)cc1F. The molecule has 0 radical (unpaired) electrons. The Balaban J connectivity index is 2.49. The Bertz CT molecular complexity index is 537. The number of benzene rings is 1. The molecular weight excluding hydrogens is 254 g/mol. The first-order valence-electron chi connectivity index (χ1n) is 4.31. The van der Waals surface area contributed by atoms with Crippen LogP contribution >= 0.6 is 22.9 Å². The summed E-state index contributed by atoms with van der Waals surface area (Å²) in [6, 6.07) is 3.17. The van der Waals surface area contributed by atoms with Crippen LogP contribution in [0.15, 0.2) is 29.0 Å². The van der Waals surface area contributed by atoms with Crippen molar-refractivity contribution in [3.05, 3.63) is 56.7 Å². The van der Waals surface area contributed by atoms with Gasteiger partial charge < -0.3 is 0 Å². The number of hydrogen-bond donors (Lipinski definition) is 0. The smallest absolute Gasteiger partial charge is 0.196 e. The number of ketones is 1. The van der Waals surface area contributed by atoms with Crippen molar-refractivity contribution in [2.45, 2.75) is 0 Å². The Labute approximate surface area is 99.3 Å². The molecule has 0 N–H and O–H groups in total. The number of halogens is 3. The highest BCUT2D eigenvalue weighted by Gasteiger charge is 2.17. The highest BCUT2D eigenvalue weighted by atomic mass is 35.5. The average Bonchev–Trinajstić information content (AvgIpc) is 2.75. The monoisotopic (exact) mass is 258 g/mol. The van der Waals surface area contributed by atoms with Crippen LogP contribution in [0.25, 0.3) is 0 Å². The lowest BCUT2D eigenvalue weighted by Gasteiger charge is -2.02. The first-order valence-corrected chi connectivity index (χ1v) is 5.63. The molecular formula is C11H5ClF2OS. The molecule has 0 amide bonds. The lowest BCUT2D eigenvalue weighted by Crippen LogP contribution is -2.04. The van der Waals surface area contributed by atoms with Gasteiger partial charge in [0.05, 0.1) is 10.6 Å². The van der Waals surface area contributed by atoms with E-state index in [4.69, 9.17) is 11.6 Å². The zero-order valence-corrected chi connectivity index (χ0v) is 9.41. The van der Waals surface area contributed by atoms with Crippen LogP contribution in [0, 0.1) is 11.6 Å². The van der Waals surface area contributed by atoms with E-state index < -0.39 is 17.4 Å². The van der Waals surface area contributed by atoms with Crippen molar-refractivity contribution < 1.29 is 13.6 Å². The molecule has 5 heteroatoms. The molecule has 0 aliphatic carbocycles. The Morgan fingerprint density at radius 1 is 1.25 bits per heavy atom. The van der Waals surface area contributed by atoms with Crippen LogP contribution in [0.2, 0.25) is 5.02 Å². The van der Waals surface area contributed by atoms with Gasteiger partial charge in [-0.05, 0) is 23.6 Å². The van der Waals surface area contributed by atoms with Gasteiger partial charge in [-0.25, -0.2) is 8.78 Å². The summed E-state index contributed by atoms with van der Waals surface area (Å²) >= 11 is 6.70. The van der Waals surface area contributed by atoms with Crippen LogP contribution in [-0.4, -0.2) is 5.78 Å². The summed E-state index contributed by atoms with van der Waals surface area (Å²) in [6.07, 6.45) is 0. The lowest BCUT2D eigenvalue weighted by atomic mass is 10.1. The molecule has 16 heavy (non-hydrogen) atoms. The molecule has 1 aromatic carbocycles. The first-order chi connectivity index (χ1) is 7.59. The third-order valence-electron chi connectivity index (χ3n) is 2.04. The van der Waals surface area contributed by atoms with Crippen LogP contribution in [0.4, 0.5) is 8.78 Å². The van der Waals surface area contributed by atoms with E-state index in [1.54, 1.807) is 16.8 Å². The fourth-order valence-corrected chi connectivity index (χ4v) is 2.03. The Kier molecular flexibility index (Phi) is 3.03. The molecule has 0 aliphatic rings. The van der Waals surface area contributed by atoms with E-state index in [9.17, 15) is 13.6 Å². The minimum atomic E-state index is -0.817. The van der Waals surface area contributed by atoms with Crippen LogP contribution in [0.3, 0.4) is 0 Å². The Morgan fingerprint density at radius 3 is 2.62 bits per heavy atom. The second-order valence-electron chi connectivity index (χ2n) is 3.09. The number of rotatable bonds is 2. The third kappa shape index (κ3) is 1.99. The number of carbonyl (C=O) groups excluding carboxylic acids is 1. The normalized spacial score (nSPS) is 10.4. The van der Waals surface area contributed by atoms with Crippen LogP contribution in [0.5, 0.6) is 0 Å². The van der Waals surface area contributed by atoms with Crippen LogP contribution < -0.4 is 0 Å². The summed E-state index contributed by atoms with van der Waals surface area (Å²) in [6.45, 7) is 0. The van der Waals surface area contributed by atoms with Crippen LogP contribution in [0.1, 0.15) is 15.9 Å². The average molecular weight is 259 g/mol. The quantitative estimate of drug-likeness (QED) is 0.590. The molecule has 0 bridgehead atoms. The van der Waals surface area contributed by atoms with Gasteiger partial charge in [0.2, 0.25) is 0 Å². The van der Waals surface area contributed by atoms with Gasteiger partial charge in [-0.3, -0.25) is 4.79 Å². The zero-order valence-electron chi connectivity index (χ0n) is 7.84. The van der Waals surface area contributed by atoms with Gasteiger partial charge in [-0.15, -0.1) is 0 Å². The summed E-state index contributed by atoms with van der Waals surface area (Å²) in [5.41, 5.74) is 0.0333. The largest absolute Gasteiger partial charge is 0.288 e. The highest BCUT2D eigenvalue weighted by molar-refractivity contribution is 7.08. The van der Waals surface area contributed by atoms with Gasteiger partial charge in [0.25, 0.3) is 0 Å². The van der Waals surface area contributed by atoms with E-state index in [2.05, 4.69) is 0 Å². The molecule has 0 aliphatic heterocycles. The van der Waals surface area contributed by atoms with Crippen molar-refractivity contribution in [2.75, 3.05) is 0 Å². The molecule has 0 fully saturated rings. The van der Waals surface area contributed by atoms with Crippen molar-refractivity contribution in [2.24, 2.45) is 0 Å². The second kappa shape index (κ2) is 4.31. The lowest BCUT2D eigenvalue weighted by molar-refractivity contribution is 0.103. The summed E-state index contributed by atoms with van der Waals surface area (Å²) in [5.74, 6) is -2.17. The first kappa shape index (κ1) is 11.2. The van der Waals surface area contributed by atoms with Gasteiger partial charge >= 0.3 is 0 Å². The Hall–Kier alpha value is -1.26. The summed E-state index contributed by atoms with van der Waals surface area (Å²) in [5, 5.41) is 2.94. The molecule has 2 aromatic rings. The maximum Gasteiger partial charge on any atom is 0.196 e.